The Bertz CT molecular complexity index is 392. The van der Waals surface area contributed by atoms with Gasteiger partial charge < -0.3 is 15.2 Å². The van der Waals surface area contributed by atoms with Gasteiger partial charge in [-0.15, -0.1) is 0 Å². The van der Waals surface area contributed by atoms with E-state index in [9.17, 15) is 0 Å². The van der Waals surface area contributed by atoms with Crippen molar-refractivity contribution < 1.29 is 9.84 Å². The van der Waals surface area contributed by atoms with Gasteiger partial charge in [0.2, 0.25) is 0 Å². The number of aliphatic hydroxyl groups excluding tert-OH is 1. The lowest BCUT2D eigenvalue weighted by Gasteiger charge is -2.27. The first-order chi connectivity index (χ1) is 8.74. The highest BCUT2D eigenvalue weighted by atomic mass is 16.5. The minimum Gasteiger partial charge on any atom is -0.497 e. The quantitative estimate of drug-likeness (QED) is 0.841. The predicted molar refractivity (Wildman–Crippen MR) is 72.9 cm³/mol. The average Bonchev–Trinajstić information content (AvgIpc) is 2.43. The fourth-order valence-corrected chi connectivity index (χ4v) is 2.54. The second-order valence-corrected chi connectivity index (χ2v) is 5.21. The lowest BCUT2D eigenvalue weighted by Crippen LogP contribution is -2.30. The van der Waals surface area contributed by atoms with Gasteiger partial charge in [0.05, 0.1) is 7.11 Å². The van der Waals surface area contributed by atoms with E-state index in [4.69, 9.17) is 9.84 Å². The van der Waals surface area contributed by atoms with Crippen LogP contribution in [0.3, 0.4) is 0 Å². The molecule has 0 aromatic heterocycles. The van der Waals surface area contributed by atoms with Crippen LogP contribution in [0.5, 0.6) is 5.75 Å². The van der Waals surface area contributed by atoms with Gasteiger partial charge in [-0.1, -0.05) is 13.0 Å². The maximum absolute atomic E-state index is 9.07. The van der Waals surface area contributed by atoms with Crippen LogP contribution in [-0.4, -0.2) is 25.4 Å². The van der Waals surface area contributed by atoms with Gasteiger partial charge in [0, 0.05) is 19.2 Å². The van der Waals surface area contributed by atoms with Crippen molar-refractivity contribution in [2.45, 2.75) is 32.2 Å². The zero-order valence-corrected chi connectivity index (χ0v) is 11.3. The summed E-state index contributed by atoms with van der Waals surface area (Å²) in [7, 11) is 1.71. The van der Waals surface area contributed by atoms with Crippen molar-refractivity contribution in [1.82, 2.24) is 5.32 Å². The highest BCUT2D eigenvalue weighted by Gasteiger charge is 2.20. The van der Waals surface area contributed by atoms with Crippen molar-refractivity contribution in [2.24, 2.45) is 5.92 Å². The average molecular weight is 249 g/mol. The number of benzene rings is 1. The highest BCUT2D eigenvalue weighted by Crippen LogP contribution is 2.32. The topological polar surface area (TPSA) is 41.5 Å². The van der Waals surface area contributed by atoms with E-state index >= 15 is 0 Å². The van der Waals surface area contributed by atoms with Crippen LogP contribution in [0.1, 0.15) is 36.9 Å². The first-order valence-electron chi connectivity index (χ1n) is 6.75. The molecule has 1 aromatic rings. The summed E-state index contributed by atoms with van der Waals surface area (Å²) in [4.78, 5) is 0. The normalized spacial score (nSPS) is 20.3. The summed E-state index contributed by atoms with van der Waals surface area (Å²) in [5.74, 6) is 1.26. The molecule has 3 nitrogen and oxygen atoms in total. The molecule has 2 N–H and O–H groups in total. The van der Waals surface area contributed by atoms with E-state index in [2.05, 4.69) is 24.4 Å². The van der Waals surface area contributed by atoms with Crippen molar-refractivity contribution in [3.8, 4) is 5.75 Å². The molecule has 18 heavy (non-hydrogen) atoms. The Hall–Kier alpha value is -1.06. The summed E-state index contributed by atoms with van der Waals surface area (Å²) in [5.41, 5.74) is 2.79. The first-order valence-corrected chi connectivity index (χ1v) is 6.75. The number of hydrogen-bond donors (Lipinski definition) is 2. The van der Waals surface area contributed by atoms with Crippen LogP contribution in [0, 0.1) is 5.92 Å². The maximum atomic E-state index is 9.07. The third kappa shape index (κ3) is 3.03. The number of methoxy groups -OCH3 is 1. The molecule has 0 heterocycles. The smallest absolute Gasteiger partial charge is 0.119 e. The fraction of sp³-hybridized carbons (Fsp3) is 0.600. The molecule has 2 unspecified atom stereocenters. The third-order valence-electron chi connectivity index (χ3n) is 3.69. The molecular formula is C15H23NO2. The molecule has 1 aliphatic rings. The number of ether oxygens (including phenoxy) is 1. The molecule has 1 aromatic carbocycles. The van der Waals surface area contributed by atoms with E-state index in [0.717, 1.165) is 18.7 Å². The van der Waals surface area contributed by atoms with Gasteiger partial charge in [0.1, 0.15) is 5.75 Å². The molecule has 0 saturated heterocycles. The van der Waals surface area contributed by atoms with E-state index in [1.54, 1.807) is 7.11 Å². The zero-order chi connectivity index (χ0) is 13.0. The number of aryl methyl sites for hydroxylation is 1. The van der Waals surface area contributed by atoms with E-state index < -0.39 is 0 Å². The molecule has 0 saturated carbocycles. The van der Waals surface area contributed by atoms with Gasteiger partial charge in [-0.3, -0.25) is 0 Å². The molecule has 2 rings (SSSR count). The SMILES string of the molecule is COc1ccc2c(c1)CCCC2NCC(C)CO. The molecule has 0 radical (unpaired) electrons. The summed E-state index contributed by atoms with van der Waals surface area (Å²) >= 11 is 0. The Morgan fingerprint density at radius 2 is 2.33 bits per heavy atom. The van der Waals surface area contributed by atoms with E-state index in [1.165, 1.54) is 24.0 Å². The van der Waals surface area contributed by atoms with Crippen molar-refractivity contribution in [3.63, 3.8) is 0 Å². The largest absolute Gasteiger partial charge is 0.497 e. The van der Waals surface area contributed by atoms with Crippen LogP contribution >= 0.6 is 0 Å². The number of fused-ring (bicyclic) bond motifs is 1. The molecule has 2 atom stereocenters. The molecule has 0 aliphatic heterocycles. The van der Waals surface area contributed by atoms with Gasteiger partial charge in [0.15, 0.2) is 0 Å². The Morgan fingerprint density at radius 3 is 3.06 bits per heavy atom. The highest BCUT2D eigenvalue weighted by molar-refractivity contribution is 5.39. The third-order valence-corrected chi connectivity index (χ3v) is 3.69. The van der Waals surface area contributed by atoms with Crippen molar-refractivity contribution in [3.05, 3.63) is 29.3 Å². The second kappa shape index (κ2) is 6.21. The standard InChI is InChI=1S/C15H23NO2/c1-11(10-17)9-16-15-5-3-4-12-8-13(18-2)6-7-14(12)15/h6-8,11,15-17H,3-5,9-10H2,1-2H3. The zero-order valence-electron chi connectivity index (χ0n) is 11.3. The van der Waals surface area contributed by atoms with Gasteiger partial charge in [0.25, 0.3) is 0 Å². The summed E-state index contributed by atoms with van der Waals surface area (Å²) in [6.45, 7) is 3.17. The van der Waals surface area contributed by atoms with Gasteiger partial charge in [-0.25, -0.2) is 0 Å². The monoisotopic (exact) mass is 249 g/mol. The molecule has 1 aliphatic carbocycles. The Morgan fingerprint density at radius 1 is 1.50 bits per heavy atom. The molecule has 0 bridgehead atoms. The lowest BCUT2D eigenvalue weighted by molar-refractivity contribution is 0.228. The van der Waals surface area contributed by atoms with Gasteiger partial charge >= 0.3 is 0 Å². The van der Waals surface area contributed by atoms with Crippen LogP contribution in [0.15, 0.2) is 18.2 Å². The number of rotatable bonds is 5. The summed E-state index contributed by atoms with van der Waals surface area (Å²) in [6, 6.07) is 6.79. The van der Waals surface area contributed by atoms with Crippen molar-refractivity contribution in [2.75, 3.05) is 20.3 Å². The number of aliphatic hydroxyl groups is 1. The lowest BCUT2D eigenvalue weighted by atomic mass is 9.87. The minimum absolute atomic E-state index is 0.245. The van der Waals surface area contributed by atoms with Crippen LogP contribution in [0.2, 0.25) is 0 Å². The Labute approximate surface area is 109 Å². The molecule has 0 spiro atoms. The molecule has 100 valence electrons. The van der Waals surface area contributed by atoms with Crippen molar-refractivity contribution in [1.29, 1.82) is 0 Å². The summed E-state index contributed by atoms with van der Waals surface area (Å²) in [6.07, 6.45) is 3.53. The van der Waals surface area contributed by atoms with Crippen LogP contribution < -0.4 is 10.1 Å². The summed E-state index contributed by atoms with van der Waals surface area (Å²) < 4.78 is 5.28. The van der Waals surface area contributed by atoms with Crippen LogP contribution in [0.4, 0.5) is 0 Å². The first kappa shape index (κ1) is 13.4. The van der Waals surface area contributed by atoms with Crippen molar-refractivity contribution >= 4 is 0 Å². The van der Waals surface area contributed by atoms with E-state index in [1.807, 2.05) is 6.07 Å². The van der Waals surface area contributed by atoms with Crippen LogP contribution in [0.25, 0.3) is 0 Å². The van der Waals surface area contributed by atoms with E-state index in [0.29, 0.717) is 12.0 Å². The number of hydrogen-bond acceptors (Lipinski definition) is 3. The minimum atomic E-state index is 0.245. The predicted octanol–water partition coefficient (Wildman–Crippen LogP) is 2.29. The summed E-state index contributed by atoms with van der Waals surface area (Å²) in [5, 5.41) is 12.6. The van der Waals surface area contributed by atoms with E-state index in [-0.39, 0.29) is 6.61 Å². The molecule has 0 fully saturated rings. The van der Waals surface area contributed by atoms with Gasteiger partial charge in [-0.05, 0) is 48.4 Å². The second-order valence-electron chi connectivity index (χ2n) is 5.21. The Balaban J connectivity index is 2.08. The molecular weight excluding hydrogens is 226 g/mol. The Kier molecular flexibility index (Phi) is 4.61. The molecule has 3 heteroatoms. The fourth-order valence-electron chi connectivity index (χ4n) is 2.54. The maximum Gasteiger partial charge on any atom is 0.119 e. The number of nitrogens with one attached hydrogen (secondary N) is 1. The van der Waals surface area contributed by atoms with Crippen LogP contribution in [-0.2, 0) is 6.42 Å². The van der Waals surface area contributed by atoms with Gasteiger partial charge in [-0.2, -0.15) is 0 Å². The molecule has 0 amide bonds.